The Morgan fingerprint density at radius 3 is 2.40 bits per heavy atom. The van der Waals surface area contributed by atoms with Gasteiger partial charge in [0.2, 0.25) is 5.91 Å². The molecule has 1 amide bonds. The van der Waals surface area contributed by atoms with Gasteiger partial charge in [-0.1, -0.05) is 26.0 Å². The number of aliphatic hydroxyl groups is 1. The van der Waals surface area contributed by atoms with E-state index in [1.165, 1.54) is 0 Å². The fraction of sp³-hybridized carbons (Fsp3) is 0.733. The zero-order valence-corrected chi connectivity index (χ0v) is 12.0. The molecule has 2 rings (SSSR count). The van der Waals surface area contributed by atoms with Gasteiger partial charge in [-0.15, -0.1) is 0 Å². The van der Waals surface area contributed by atoms with Crippen LogP contribution >= 0.6 is 0 Å². The Hall–Kier alpha value is -1.36. The summed E-state index contributed by atoms with van der Waals surface area (Å²) < 4.78 is 0. The van der Waals surface area contributed by atoms with Crippen LogP contribution in [0.15, 0.2) is 12.2 Å². The molecule has 2 aliphatic rings. The summed E-state index contributed by atoms with van der Waals surface area (Å²) in [5, 5.41) is 21.8. The lowest BCUT2D eigenvalue weighted by Gasteiger charge is -2.24. The molecule has 0 aliphatic heterocycles. The third-order valence-electron chi connectivity index (χ3n) is 4.30. The first kappa shape index (κ1) is 15.0. The lowest BCUT2D eigenvalue weighted by Crippen LogP contribution is -2.42. The summed E-state index contributed by atoms with van der Waals surface area (Å²) >= 11 is 0. The number of hydrogen-bond acceptors (Lipinski definition) is 3. The van der Waals surface area contributed by atoms with Crippen molar-refractivity contribution >= 4 is 11.9 Å². The molecule has 2 aliphatic carbocycles. The van der Waals surface area contributed by atoms with E-state index in [0.29, 0.717) is 12.3 Å². The minimum atomic E-state index is -0.898. The van der Waals surface area contributed by atoms with Crippen molar-refractivity contribution in [3.05, 3.63) is 12.2 Å². The maximum Gasteiger partial charge on any atom is 0.307 e. The lowest BCUT2D eigenvalue weighted by atomic mass is 9.82. The van der Waals surface area contributed by atoms with Crippen LogP contribution in [0, 0.1) is 29.6 Å². The minimum absolute atomic E-state index is 0.0196. The number of carbonyl (C=O) groups excluding carboxylic acids is 1. The largest absolute Gasteiger partial charge is 0.481 e. The number of fused-ring (bicyclic) bond motifs is 2. The molecule has 0 aromatic heterocycles. The standard InChI is InChI=1S/C15H23NO4/c1-8(2)5-11(17)7-16-14(18)12-9-3-4-10(6-9)13(12)15(19)20/h3-4,8-13,17H,5-7H2,1-2H3,(H,16,18)(H,19,20). The van der Waals surface area contributed by atoms with Gasteiger partial charge in [0.05, 0.1) is 17.9 Å². The van der Waals surface area contributed by atoms with Crippen molar-refractivity contribution in [2.45, 2.75) is 32.8 Å². The van der Waals surface area contributed by atoms with E-state index in [1.807, 2.05) is 26.0 Å². The number of carbonyl (C=O) groups is 2. The Kier molecular flexibility index (Phi) is 4.48. The third kappa shape index (κ3) is 3.03. The number of carboxylic acid groups (broad SMARTS) is 1. The van der Waals surface area contributed by atoms with Crippen LogP contribution in [0.2, 0.25) is 0 Å². The number of rotatable bonds is 6. The van der Waals surface area contributed by atoms with Gasteiger partial charge in [0.15, 0.2) is 0 Å². The zero-order chi connectivity index (χ0) is 14.9. The highest BCUT2D eigenvalue weighted by molar-refractivity contribution is 5.86. The second-order valence-electron chi connectivity index (χ2n) is 6.37. The Labute approximate surface area is 119 Å². The van der Waals surface area contributed by atoms with E-state index >= 15 is 0 Å². The zero-order valence-electron chi connectivity index (χ0n) is 12.0. The molecule has 112 valence electrons. The van der Waals surface area contributed by atoms with E-state index in [1.54, 1.807) is 0 Å². The van der Waals surface area contributed by atoms with Crippen LogP contribution in [0.25, 0.3) is 0 Å². The van der Waals surface area contributed by atoms with Gasteiger partial charge in [-0.3, -0.25) is 9.59 Å². The van der Waals surface area contributed by atoms with Gasteiger partial charge in [0.25, 0.3) is 0 Å². The van der Waals surface area contributed by atoms with Crippen LogP contribution in [0.3, 0.4) is 0 Å². The van der Waals surface area contributed by atoms with Gasteiger partial charge >= 0.3 is 5.97 Å². The molecule has 5 nitrogen and oxygen atoms in total. The van der Waals surface area contributed by atoms with Gasteiger partial charge < -0.3 is 15.5 Å². The first-order chi connectivity index (χ1) is 9.40. The minimum Gasteiger partial charge on any atom is -0.481 e. The summed E-state index contributed by atoms with van der Waals surface area (Å²) in [7, 11) is 0. The number of allylic oxidation sites excluding steroid dienone is 2. The molecule has 5 atom stereocenters. The molecule has 0 radical (unpaired) electrons. The van der Waals surface area contributed by atoms with Crippen molar-refractivity contribution in [1.29, 1.82) is 0 Å². The first-order valence-electron chi connectivity index (χ1n) is 7.27. The van der Waals surface area contributed by atoms with Crippen LogP contribution in [0.1, 0.15) is 26.7 Å². The van der Waals surface area contributed by atoms with E-state index in [-0.39, 0.29) is 24.3 Å². The molecule has 0 heterocycles. The normalized spacial score (nSPS) is 32.6. The molecule has 0 spiro atoms. The van der Waals surface area contributed by atoms with Crippen molar-refractivity contribution in [3.63, 3.8) is 0 Å². The van der Waals surface area contributed by atoms with Gasteiger partial charge in [0.1, 0.15) is 0 Å². The molecule has 5 heteroatoms. The SMILES string of the molecule is CC(C)CC(O)CNC(=O)C1C2C=CC(C2)C1C(=O)O. The molecular weight excluding hydrogens is 258 g/mol. The van der Waals surface area contributed by atoms with Crippen molar-refractivity contribution in [2.75, 3.05) is 6.54 Å². The van der Waals surface area contributed by atoms with Gasteiger partial charge in [0, 0.05) is 6.54 Å². The number of amides is 1. The van der Waals surface area contributed by atoms with Gasteiger partial charge in [-0.05, 0) is 30.6 Å². The molecule has 5 unspecified atom stereocenters. The van der Waals surface area contributed by atoms with Gasteiger partial charge in [-0.25, -0.2) is 0 Å². The topological polar surface area (TPSA) is 86.6 Å². The molecular formula is C15H23NO4. The quantitative estimate of drug-likeness (QED) is 0.635. The Morgan fingerprint density at radius 2 is 1.85 bits per heavy atom. The van der Waals surface area contributed by atoms with Crippen LogP contribution in [-0.2, 0) is 9.59 Å². The molecule has 1 fully saturated rings. The van der Waals surface area contributed by atoms with E-state index in [9.17, 15) is 19.8 Å². The highest BCUT2D eigenvalue weighted by atomic mass is 16.4. The first-order valence-corrected chi connectivity index (χ1v) is 7.27. The number of hydrogen-bond donors (Lipinski definition) is 3. The summed E-state index contributed by atoms with van der Waals surface area (Å²) in [5.74, 6) is -1.88. The lowest BCUT2D eigenvalue weighted by molar-refractivity contribution is -0.147. The fourth-order valence-corrected chi connectivity index (χ4v) is 3.48. The Bertz CT molecular complexity index is 418. The maximum absolute atomic E-state index is 12.2. The van der Waals surface area contributed by atoms with Crippen LogP contribution < -0.4 is 5.32 Å². The number of nitrogens with one attached hydrogen (secondary N) is 1. The third-order valence-corrected chi connectivity index (χ3v) is 4.30. The van der Waals surface area contributed by atoms with E-state index < -0.39 is 23.9 Å². The molecule has 1 saturated carbocycles. The number of aliphatic hydroxyl groups excluding tert-OH is 1. The van der Waals surface area contributed by atoms with Crippen LogP contribution in [-0.4, -0.2) is 34.7 Å². The van der Waals surface area contributed by atoms with Crippen molar-refractivity contribution < 1.29 is 19.8 Å². The molecule has 20 heavy (non-hydrogen) atoms. The van der Waals surface area contributed by atoms with Crippen molar-refractivity contribution in [1.82, 2.24) is 5.32 Å². The maximum atomic E-state index is 12.2. The van der Waals surface area contributed by atoms with Crippen LogP contribution in [0.4, 0.5) is 0 Å². The number of aliphatic carboxylic acids is 1. The summed E-state index contributed by atoms with van der Waals surface area (Å²) in [6.07, 6.45) is 4.68. The van der Waals surface area contributed by atoms with Crippen LogP contribution in [0.5, 0.6) is 0 Å². The molecule has 3 N–H and O–H groups in total. The smallest absolute Gasteiger partial charge is 0.307 e. The molecule has 0 aromatic rings. The van der Waals surface area contributed by atoms with E-state index in [2.05, 4.69) is 5.32 Å². The summed E-state index contributed by atoms with van der Waals surface area (Å²) in [6, 6.07) is 0. The predicted molar refractivity (Wildman–Crippen MR) is 73.8 cm³/mol. The van der Waals surface area contributed by atoms with E-state index in [4.69, 9.17) is 0 Å². The fourth-order valence-electron chi connectivity index (χ4n) is 3.48. The summed E-state index contributed by atoms with van der Waals surface area (Å²) in [5.41, 5.74) is 0. The molecule has 0 saturated heterocycles. The monoisotopic (exact) mass is 281 g/mol. The second kappa shape index (κ2) is 5.95. The number of carboxylic acids is 1. The summed E-state index contributed by atoms with van der Waals surface area (Å²) in [4.78, 5) is 23.5. The van der Waals surface area contributed by atoms with E-state index in [0.717, 1.165) is 6.42 Å². The summed E-state index contributed by atoms with van der Waals surface area (Å²) in [6.45, 7) is 4.21. The Morgan fingerprint density at radius 1 is 1.25 bits per heavy atom. The predicted octanol–water partition coefficient (Wildman–Crippen LogP) is 1.03. The highest BCUT2D eigenvalue weighted by Crippen LogP contribution is 2.48. The van der Waals surface area contributed by atoms with Crippen molar-refractivity contribution in [2.24, 2.45) is 29.6 Å². The average Bonchev–Trinajstić information content (AvgIpc) is 2.94. The second-order valence-corrected chi connectivity index (χ2v) is 6.37. The Balaban J connectivity index is 1.92. The molecule has 0 aromatic carbocycles. The average molecular weight is 281 g/mol. The highest BCUT2D eigenvalue weighted by Gasteiger charge is 2.51. The van der Waals surface area contributed by atoms with Crippen molar-refractivity contribution in [3.8, 4) is 0 Å². The van der Waals surface area contributed by atoms with Gasteiger partial charge in [-0.2, -0.15) is 0 Å². The molecule has 2 bridgehead atoms.